The fraction of sp³-hybridized carbons (Fsp3) is 0.478. The molecule has 0 radical (unpaired) electrons. The van der Waals surface area contributed by atoms with E-state index in [2.05, 4.69) is 27.2 Å². The molecule has 1 N–H and O–H groups in total. The van der Waals surface area contributed by atoms with Crippen LogP contribution >= 0.6 is 0 Å². The molecule has 2 heterocycles. The molecule has 0 aromatic heterocycles. The lowest BCUT2D eigenvalue weighted by Gasteiger charge is -2.37. The van der Waals surface area contributed by atoms with Crippen molar-refractivity contribution in [1.29, 1.82) is 0 Å². The van der Waals surface area contributed by atoms with E-state index in [0.717, 1.165) is 68.6 Å². The normalized spacial score (nSPS) is 19.4. The first-order valence-corrected chi connectivity index (χ1v) is 10.6. The van der Waals surface area contributed by atoms with E-state index in [-0.39, 0.29) is 17.9 Å². The lowest BCUT2D eigenvalue weighted by Crippen LogP contribution is -2.54. The zero-order valence-electron chi connectivity index (χ0n) is 17.1. The lowest BCUT2D eigenvalue weighted by atomic mass is 10.1. The number of anilines is 1. The van der Waals surface area contributed by atoms with Crippen LogP contribution in [0.2, 0.25) is 0 Å². The van der Waals surface area contributed by atoms with Gasteiger partial charge in [-0.25, -0.2) is 0 Å². The quantitative estimate of drug-likeness (QED) is 0.846. The Morgan fingerprint density at radius 1 is 0.931 bits per heavy atom. The molecule has 6 nitrogen and oxygen atoms in total. The van der Waals surface area contributed by atoms with Crippen LogP contribution in [0.3, 0.4) is 0 Å². The minimum Gasteiger partial charge on any atom is -0.342 e. The van der Waals surface area contributed by atoms with Crippen molar-refractivity contribution < 1.29 is 9.59 Å². The number of hydrogen-bond acceptors (Lipinski definition) is 4. The molecule has 2 aliphatic heterocycles. The van der Waals surface area contributed by atoms with Gasteiger partial charge in [0, 0.05) is 45.0 Å². The van der Waals surface area contributed by atoms with E-state index in [1.807, 2.05) is 42.2 Å². The standard InChI is InChI=1S/C23H30N4O2/c1-18(23(29)24-21-9-8-19-6-2-3-7-20(19)16-21)26-14-12-25(13-15-26)17-22(28)27-10-4-5-11-27/h2-3,6-9,16,18H,4-5,10-15,17H2,1H3,(H,24,29)/t18-/m1/s1. The first-order chi connectivity index (χ1) is 14.1. The molecule has 1 atom stereocenters. The summed E-state index contributed by atoms with van der Waals surface area (Å²) in [6, 6.07) is 13.9. The van der Waals surface area contributed by atoms with Gasteiger partial charge in [-0.05, 0) is 42.7 Å². The summed E-state index contributed by atoms with van der Waals surface area (Å²) in [6.07, 6.45) is 2.26. The van der Waals surface area contributed by atoms with E-state index in [4.69, 9.17) is 0 Å². The maximum absolute atomic E-state index is 12.8. The summed E-state index contributed by atoms with van der Waals surface area (Å²) >= 11 is 0. The highest BCUT2D eigenvalue weighted by atomic mass is 16.2. The minimum atomic E-state index is -0.196. The van der Waals surface area contributed by atoms with Gasteiger partial charge in [-0.1, -0.05) is 30.3 Å². The van der Waals surface area contributed by atoms with Crippen LogP contribution in [0.15, 0.2) is 42.5 Å². The Morgan fingerprint density at radius 3 is 2.34 bits per heavy atom. The molecule has 0 bridgehead atoms. The van der Waals surface area contributed by atoms with Gasteiger partial charge in [0.25, 0.3) is 0 Å². The molecule has 2 fully saturated rings. The first kappa shape index (κ1) is 19.9. The van der Waals surface area contributed by atoms with Crippen LogP contribution < -0.4 is 5.32 Å². The molecule has 2 saturated heterocycles. The molecule has 4 rings (SSSR count). The number of likely N-dealkylation sites (tertiary alicyclic amines) is 1. The second-order valence-corrected chi connectivity index (χ2v) is 8.13. The Kier molecular flexibility index (Phi) is 6.11. The van der Waals surface area contributed by atoms with Gasteiger partial charge in [-0.3, -0.25) is 19.4 Å². The van der Waals surface area contributed by atoms with Crippen LogP contribution in [0.1, 0.15) is 19.8 Å². The van der Waals surface area contributed by atoms with Crippen molar-refractivity contribution in [3.05, 3.63) is 42.5 Å². The van der Waals surface area contributed by atoms with Crippen molar-refractivity contribution >= 4 is 28.3 Å². The molecule has 0 aliphatic carbocycles. The van der Waals surface area contributed by atoms with E-state index in [9.17, 15) is 9.59 Å². The summed E-state index contributed by atoms with van der Waals surface area (Å²) in [5.74, 6) is 0.264. The minimum absolute atomic E-state index is 0.0156. The molecule has 2 aromatic carbocycles. The van der Waals surface area contributed by atoms with E-state index in [1.54, 1.807) is 0 Å². The average Bonchev–Trinajstić information content (AvgIpc) is 3.29. The molecule has 2 aliphatic rings. The summed E-state index contributed by atoms with van der Waals surface area (Å²) < 4.78 is 0. The second-order valence-electron chi connectivity index (χ2n) is 8.13. The fourth-order valence-corrected chi connectivity index (χ4v) is 4.25. The van der Waals surface area contributed by atoms with Crippen molar-refractivity contribution in [3.63, 3.8) is 0 Å². The highest BCUT2D eigenvalue weighted by Gasteiger charge is 2.27. The van der Waals surface area contributed by atoms with Crippen LogP contribution in [0.4, 0.5) is 5.69 Å². The number of nitrogens with one attached hydrogen (secondary N) is 1. The topological polar surface area (TPSA) is 55.9 Å². The van der Waals surface area contributed by atoms with Gasteiger partial charge in [-0.15, -0.1) is 0 Å². The van der Waals surface area contributed by atoms with Gasteiger partial charge in [0.15, 0.2) is 0 Å². The third-order valence-corrected chi connectivity index (χ3v) is 6.17. The number of benzene rings is 2. The van der Waals surface area contributed by atoms with Gasteiger partial charge in [-0.2, -0.15) is 0 Å². The van der Waals surface area contributed by atoms with Crippen LogP contribution in [0.5, 0.6) is 0 Å². The van der Waals surface area contributed by atoms with Crippen LogP contribution in [0, 0.1) is 0 Å². The number of amides is 2. The number of piperazine rings is 1. The Morgan fingerprint density at radius 2 is 1.62 bits per heavy atom. The van der Waals surface area contributed by atoms with E-state index < -0.39 is 0 Å². The van der Waals surface area contributed by atoms with Crippen molar-refractivity contribution in [1.82, 2.24) is 14.7 Å². The van der Waals surface area contributed by atoms with Crippen molar-refractivity contribution in [2.24, 2.45) is 0 Å². The van der Waals surface area contributed by atoms with Gasteiger partial charge in [0.05, 0.1) is 12.6 Å². The summed E-state index contributed by atoms with van der Waals surface area (Å²) in [6.45, 7) is 7.54. The number of fused-ring (bicyclic) bond motifs is 1. The fourth-order valence-electron chi connectivity index (χ4n) is 4.25. The maximum Gasteiger partial charge on any atom is 0.241 e. The number of hydrogen-bond donors (Lipinski definition) is 1. The summed E-state index contributed by atoms with van der Waals surface area (Å²) in [4.78, 5) is 31.5. The zero-order valence-corrected chi connectivity index (χ0v) is 17.1. The number of carbonyl (C=O) groups excluding carboxylic acids is 2. The van der Waals surface area contributed by atoms with Crippen LogP contribution in [0.25, 0.3) is 10.8 Å². The largest absolute Gasteiger partial charge is 0.342 e. The Bertz CT molecular complexity index is 870. The van der Waals surface area contributed by atoms with Gasteiger partial charge < -0.3 is 10.2 Å². The molecule has 0 spiro atoms. The lowest BCUT2D eigenvalue weighted by molar-refractivity contribution is -0.132. The maximum atomic E-state index is 12.8. The van der Waals surface area contributed by atoms with E-state index in [1.165, 1.54) is 0 Å². The first-order valence-electron chi connectivity index (χ1n) is 10.6. The smallest absolute Gasteiger partial charge is 0.241 e. The van der Waals surface area contributed by atoms with Crippen molar-refractivity contribution in [2.45, 2.75) is 25.8 Å². The Hall–Kier alpha value is -2.44. The summed E-state index contributed by atoms with van der Waals surface area (Å²) in [7, 11) is 0. The average molecular weight is 395 g/mol. The number of rotatable bonds is 5. The summed E-state index contributed by atoms with van der Waals surface area (Å²) in [5.41, 5.74) is 0.829. The van der Waals surface area contributed by atoms with E-state index >= 15 is 0 Å². The number of nitrogens with zero attached hydrogens (tertiary/aromatic N) is 3. The predicted molar refractivity (Wildman–Crippen MR) is 116 cm³/mol. The monoisotopic (exact) mass is 394 g/mol. The predicted octanol–water partition coefficient (Wildman–Crippen LogP) is 2.41. The highest BCUT2D eigenvalue weighted by Crippen LogP contribution is 2.19. The highest BCUT2D eigenvalue weighted by molar-refractivity contribution is 5.97. The molecule has 0 saturated carbocycles. The molecular formula is C23H30N4O2. The molecular weight excluding hydrogens is 364 g/mol. The SMILES string of the molecule is C[C@H](C(=O)Nc1ccc2ccccc2c1)N1CCN(CC(=O)N2CCCC2)CC1. The van der Waals surface area contributed by atoms with E-state index in [0.29, 0.717) is 6.54 Å². The Balaban J connectivity index is 1.27. The van der Waals surface area contributed by atoms with Crippen molar-refractivity contribution in [3.8, 4) is 0 Å². The Labute approximate surface area is 172 Å². The zero-order chi connectivity index (χ0) is 20.2. The van der Waals surface area contributed by atoms with Gasteiger partial charge >= 0.3 is 0 Å². The molecule has 2 amide bonds. The van der Waals surface area contributed by atoms with Crippen LogP contribution in [-0.2, 0) is 9.59 Å². The summed E-state index contributed by atoms with van der Waals surface area (Å²) in [5, 5.41) is 5.34. The van der Waals surface area contributed by atoms with Crippen molar-refractivity contribution in [2.75, 3.05) is 51.1 Å². The molecule has 6 heteroatoms. The van der Waals surface area contributed by atoms with Crippen LogP contribution in [-0.4, -0.2) is 78.4 Å². The second kappa shape index (κ2) is 8.93. The molecule has 0 unspecified atom stereocenters. The number of carbonyl (C=O) groups is 2. The van der Waals surface area contributed by atoms with Gasteiger partial charge in [0.1, 0.15) is 0 Å². The van der Waals surface area contributed by atoms with Gasteiger partial charge in [0.2, 0.25) is 11.8 Å². The third-order valence-electron chi connectivity index (χ3n) is 6.17. The molecule has 29 heavy (non-hydrogen) atoms. The molecule has 2 aromatic rings. The molecule has 154 valence electrons. The third kappa shape index (κ3) is 4.77.